The number of benzene rings is 1. The van der Waals surface area contributed by atoms with Crippen LogP contribution in [-0.4, -0.2) is 5.33 Å². The monoisotopic (exact) mass is 280 g/mol. The van der Waals surface area contributed by atoms with Crippen molar-refractivity contribution in [3.8, 4) is 0 Å². The highest BCUT2D eigenvalue weighted by molar-refractivity contribution is 9.09. The molecule has 0 amide bonds. The zero-order valence-corrected chi connectivity index (χ0v) is 10.8. The lowest BCUT2D eigenvalue weighted by atomic mass is 9.95. The van der Waals surface area contributed by atoms with Gasteiger partial charge in [0.15, 0.2) is 0 Å². The summed E-state index contributed by atoms with van der Waals surface area (Å²) in [6.07, 6.45) is 1.12. The Hall–Kier alpha value is -0.600. The molecule has 1 aromatic heterocycles. The quantitative estimate of drug-likeness (QED) is 0.725. The Bertz CT molecular complexity index is 380. The molecule has 1 aromatic carbocycles. The van der Waals surface area contributed by atoms with Gasteiger partial charge in [-0.15, -0.1) is 0 Å². The van der Waals surface area contributed by atoms with Crippen LogP contribution in [0.25, 0.3) is 0 Å². The van der Waals surface area contributed by atoms with Gasteiger partial charge in [-0.05, 0) is 40.3 Å². The standard InChI is InChI=1S/C13H13BrS/c14-9-13(8-11-6-7-15-10-11)12-4-2-1-3-5-12/h1-7,10,13H,8-9H2. The Balaban J connectivity index is 2.12. The van der Waals surface area contributed by atoms with Crippen LogP contribution in [-0.2, 0) is 6.42 Å². The number of hydrogen-bond acceptors (Lipinski definition) is 1. The zero-order valence-electron chi connectivity index (χ0n) is 8.40. The maximum Gasteiger partial charge on any atom is 0.0103 e. The van der Waals surface area contributed by atoms with Crippen molar-refractivity contribution in [2.45, 2.75) is 12.3 Å². The van der Waals surface area contributed by atoms with E-state index in [1.165, 1.54) is 11.1 Å². The van der Waals surface area contributed by atoms with E-state index >= 15 is 0 Å². The topological polar surface area (TPSA) is 0 Å². The summed E-state index contributed by atoms with van der Waals surface area (Å²) in [5.41, 5.74) is 2.86. The summed E-state index contributed by atoms with van der Waals surface area (Å²) in [5, 5.41) is 5.40. The fraction of sp³-hybridized carbons (Fsp3) is 0.231. The Labute approximate surface area is 103 Å². The highest BCUT2D eigenvalue weighted by atomic mass is 79.9. The molecule has 15 heavy (non-hydrogen) atoms. The van der Waals surface area contributed by atoms with Crippen LogP contribution in [0.5, 0.6) is 0 Å². The largest absolute Gasteiger partial charge is 0.152 e. The van der Waals surface area contributed by atoms with Gasteiger partial charge in [0.2, 0.25) is 0 Å². The summed E-state index contributed by atoms with van der Waals surface area (Å²) in [5.74, 6) is 0.584. The normalized spacial score (nSPS) is 12.6. The molecule has 0 saturated heterocycles. The second-order valence-electron chi connectivity index (χ2n) is 3.60. The van der Waals surface area contributed by atoms with Crippen molar-refractivity contribution in [3.05, 3.63) is 58.3 Å². The second-order valence-corrected chi connectivity index (χ2v) is 5.03. The van der Waals surface area contributed by atoms with Crippen LogP contribution < -0.4 is 0 Å². The lowest BCUT2D eigenvalue weighted by molar-refractivity contribution is 0.778. The third-order valence-corrected chi connectivity index (χ3v) is 4.03. The van der Waals surface area contributed by atoms with Crippen LogP contribution >= 0.6 is 27.3 Å². The molecule has 78 valence electrons. The molecule has 2 aromatic rings. The van der Waals surface area contributed by atoms with Gasteiger partial charge in [-0.1, -0.05) is 46.3 Å². The average Bonchev–Trinajstić information content (AvgIpc) is 2.80. The molecule has 1 atom stereocenters. The number of hydrogen-bond donors (Lipinski definition) is 0. The Morgan fingerprint density at radius 2 is 1.93 bits per heavy atom. The zero-order chi connectivity index (χ0) is 10.5. The van der Waals surface area contributed by atoms with E-state index < -0.39 is 0 Å². The van der Waals surface area contributed by atoms with Gasteiger partial charge in [0.1, 0.15) is 0 Å². The Kier molecular flexibility index (Phi) is 3.98. The van der Waals surface area contributed by atoms with Gasteiger partial charge in [-0.25, -0.2) is 0 Å². The van der Waals surface area contributed by atoms with Crippen molar-refractivity contribution in [1.29, 1.82) is 0 Å². The van der Waals surface area contributed by atoms with Crippen molar-refractivity contribution in [1.82, 2.24) is 0 Å². The van der Waals surface area contributed by atoms with E-state index in [4.69, 9.17) is 0 Å². The van der Waals surface area contributed by atoms with Crippen molar-refractivity contribution < 1.29 is 0 Å². The molecule has 0 saturated carbocycles. The molecule has 0 bridgehead atoms. The number of thiophene rings is 1. The first-order chi connectivity index (χ1) is 7.40. The molecule has 2 heteroatoms. The molecule has 0 fully saturated rings. The van der Waals surface area contributed by atoms with Gasteiger partial charge in [-0.3, -0.25) is 0 Å². The minimum absolute atomic E-state index is 0.584. The molecule has 0 nitrogen and oxygen atoms in total. The third kappa shape index (κ3) is 2.93. The van der Waals surface area contributed by atoms with E-state index in [1.807, 2.05) is 0 Å². The van der Waals surface area contributed by atoms with Gasteiger partial charge in [0.05, 0.1) is 0 Å². The molecular weight excluding hydrogens is 268 g/mol. The number of alkyl halides is 1. The van der Waals surface area contributed by atoms with E-state index in [9.17, 15) is 0 Å². The molecule has 1 unspecified atom stereocenters. The number of halogens is 1. The predicted octanol–water partition coefficient (Wildman–Crippen LogP) is 4.47. The summed E-state index contributed by atoms with van der Waals surface area (Å²) < 4.78 is 0. The first-order valence-corrected chi connectivity index (χ1v) is 7.08. The van der Waals surface area contributed by atoms with Crippen LogP contribution in [0.4, 0.5) is 0 Å². The van der Waals surface area contributed by atoms with Crippen LogP contribution in [0.3, 0.4) is 0 Å². The summed E-state index contributed by atoms with van der Waals surface area (Å²) in [6, 6.07) is 12.9. The summed E-state index contributed by atoms with van der Waals surface area (Å²) in [4.78, 5) is 0. The second kappa shape index (κ2) is 5.47. The molecule has 0 spiro atoms. The molecule has 0 aliphatic carbocycles. The average molecular weight is 281 g/mol. The van der Waals surface area contributed by atoms with Crippen LogP contribution in [0.2, 0.25) is 0 Å². The van der Waals surface area contributed by atoms with Crippen molar-refractivity contribution in [3.63, 3.8) is 0 Å². The first kappa shape index (κ1) is 10.9. The van der Waals surface area contributed by atoms with Gasteiger partial charge >= 0.3 is 0 Å². The molecule has 0 aliphatic rings. The maximum atomic E-state index is 3.60. The van der Waals surface area contributed by atoms with E-state index in [0.717, 1.165) is 11.8 Å². The lowest BCUT2D eigenvalue weighted by Gasteiger charge is -2.13. The minimum Gasteiger partial charge on any atom is -0.152 e. The van der Waals surface area contributed by atoms with E-state index in [-0.39, 0.29) is 0 Å². The van der Waals surface area contributed by atoms with Crippen LogP contribution in [0, 0.1) is 0 Å². The fourth-order valence-corrected chi connectivity index (χ4v) is 2.96. The molecule has 0 radical (unpaired) electrons. The maximum absolute atomic E-state index is 3.60. The van der Waals surface area contributed by atoms with Gasteiger partial charge in [0.25, 0.3) is 0 Å². The smallest absolute Gasteiger partial charge is 0.0103 e. The number of rotatable bonds is 4. The summed E-state index contributed by atoms with van der Waals surface area (Å²) in [6.45, 7) is 0. The minimum atomic E-state index is 0.584. The third-order valence-electron chi connectivity index (χ3n) is 2.52. The molecule has 2 rings (SSSR count). The summed E-state index contributed by atoms with van der Waals surface area (Å²) >= 11 is 5.37. The highest BCUT2D eigenvalue weighted by Crippen LogP contribution is 2.23. The van der Waals surface area contributed by atoms with E-state index in [0.29, 0.717) is 5.92 Å². The first-order valence-electron chi connectivity index (χ1n) is 5.02. The van der Waals surface area contributed by atoms with Crippen LogP contribution in [0.15, 0.2) is 47.2 Å². The molecular formula is C13H13BrS. The lowest BCUT2D eigenvalue weighted by Crippen LogP contribution is -2.03. The molecule has 0 N–H and O–H groups in total. The predicted molar refractivity (Wildman–Crippen MR) is 71.0 cm³/mol. The van der Waals surface area contributed by atoms with Crippen molar-refractivity contribution in [2.24, 2.45) is 0 Å². The van der Waals surface area contributed by atoms with Crippen molar-refractivity contribution in [2.75, 3.05) is 5.33 Å². The van der Waals surface area contributed by atoms with Crippen molar-refractivity contribution >= 4 is 27.3 Å². The SMILES string of the molecule is BrCC(Cc1ccsc1)c1ccccc1. The van der Waals surface area contributed by atoms with Gasteiger partial charge in [-0.2, -0.15) is 11.3 Å². The van der Waals surface area contributed by atoms with Gasteiger partial charge < -0.3 is 0 Å². The van der Waals surface area contributed by atoms with E-state index in [1.54, 1.807) is 11.3 Å². The highest BCUT2D eigenvalue weighted by Gasteiger charge is 2.10. The van der Waals surface area contributed by atoms with Gasteiger partial charge in [0, 0.05) is 5.33 Å². The summed E-state index contributed by atoms with van der Waals surface area (Å²) in [7, 11) is 0. The Morgan fingerprint density at radius 3 is 2.53 bits per heavy atom. The molecule has 0 aliphatic heterocycles. The van der Waals surface area contributed by atoms with Crippen LogP contribution in [0.1, 0.15) is 17.0 Å². The Morgan fingerprint density at radius 1 is 1.13 bits per heavy atom. The fourth-order valence-electron chi connectivity index (χ4n) is 1.68. The molecule has 1 heterocycles. The van der Waals surface area contributed by atoms with E-state index in [2.05, 4.69) is 63.1 Å².